The third-order valence-corrected chi connectivity index (χ3v) is 6.60. The van der Waals surface area contributed by atoms with Gasteiger partial charge in [0.25, 0.3) is 10.0 Å². The van der Waals surface area contributed by atoms with Crippen molar-refractivity contribution in [3.8, 4) is 11.5 Å². The highest BCUT2D eigenvalue weighted by atomic mass is 79.9. The number of halogens is 3. The second kappa shape index (κ2) is 8.83. The molecule has 0 amide bonds. The van der Waals surface area contributed by atoms with Crippen molar-refractivity contribution in [1.29, 1.82) is 0 Å². The smallest absolute Gasteiger partial charge is 0.263 e. The first-order valence-corrected chi connectivity index (χ1v) is 11.2. The summed E-state index contributed by atoms with van der Waals surface area (Å²) in [6, 6.07) is 9.56. The molecular formula is C18H16BrCl2N3O4S. The normalized spacial score (nSPS) is 11.3. The molecule has 0 saturated carbocycles. The fourth-order valence-corrected chi connectivity index (χ4v) is 4.44. The van der Waals surface area contributed by atoms with Gasteiger partial charge in [-0.15, -0.1) is 0 Å². The van der Waals surface area contributed by atoms with E-state index < -0.39 is 10.0 Å². The molecule has 0 saturated heterocycles. The molecule has 1 N–H and O–H groups in total. The molecule has 0 aliphatic rings. The number of rotatable bonds is 7. The first-order chi connectivity index (χ1) is 13.7. The Morgan fingerprint density at radius 1 is 1.07 bits per heavy atom. The van der Waals surface area contributed by atoms with Gasteiger partial charge in [0.05, 0.1) is 40.2 Å². The van der Waals surface area contributed by atoms with Gasteiger partial charge >= 0.3 is 0 Å². The summed E-state index contributed by atoms with van der Waals surface area (Å²) in [5, 5.41) is 5.19. The van der Waals surface area contributed by atoms with Gasteiger partial charge in [-0.3, -0.25) is 9.40 Å². The highest BCUT2D eigenvalue weighted by Crippen LogP contribution is 2.31. The Labute approximate surface area is 186 Å². The number of methoxy groups -OCH3 is 2. The molecule has 29 heavy (non-hydrogen) atoms. The summed E-state index contributed by atoms with van der Waals surface area (Å²) in [7, 11) is -0.988. The first-order valence-electron chi connectivity index (χ1n) is 8.15. The van der Waals surface area contributed by atoms with Crippen molar-refractivity contribution in [3.63, 3.8) is 0 Å². The lowest BCUT2D eigenvalue weighted by molar-refractivity contribution is 0.354. The molecule has 7 nitrogen and oxygen atoms in total. The highest BCUT2D eigenvalue weighted by Gasteiger charge is 2.20. The maximum atomic E-state index is 12.8. The van der Waals surface area contributed by atoms with Crippen molar-refractivity contribution >= 4 is 55.0 Å². The third-order valence-electron chi connectivity index (χ3n) is 3.94. The first kappa shape index (κ1) is 21.8. The van der Waals surface area contributed by atoms with Crippen LogP contribution in [0, 0.1) is 0 Å². The average Bonchev–Trinajstić information content (AvgIpc) is 3.02. The van der Waals surface area contributed by atoms with Crippen molar-refractivity contribution in [3.05, 3.63) is 62.7 Å². The van der Waals surface area contributed by atoms with Crippen molar-refractivity contribution < 1.29 is 17.9 Å². The van der Waals surface area contributed by atoms with Gasteiger partial charge in [0, 0.05) is 12.3 Å². The molecule has 0 fully saturated rings. The fourth-order valence-electron chi connectivity index (χ4n) is 2.54. The lowest BCUT2D eigenvalue weighted by atomic mass is 10.2. The summed E-state index contributed by atoms with van der Waals surface area (Å²) >= 11 is 15.3. The number of nitrogens with one attached hydrogen (secondary N) is 1. The number of sulfonamides is 1. The quantitative estimate of drug-likeness (QED) is 0.483. The Balaban J connectivity index is 1.83. The van der Waals surface area contributed by atoms with Crippen LogP contribution in [-0.4, -0.2) is 32.4 Å². The molecule has 1 heterocycles. The molecule has 11 heteroatoms. The maximum Gasteiger partial charge on any atom is 0.263 e. The molecule has 0 unspecified atom stereocenters. The van der Waals surface area contributed by atoms with Crippen LogP contribution in [0.5, 0.6) is 11.5 Å². The Hall–Kier alpha value is -1.94. The predicted molar refractivity (Wildman–Crippen MR) is 116 cm³/mol. The molecule has 0 aliphatic carbocycles. The Morgan fingerprint density at radius 2 is 1.79 bits per heavy atom. The lowest BCUT2D eigenvalue weighted by Gasteiger charge is -2.10. The molecule has 0 atom stereocenters. The van der Waals surface area contributed by atoms with Crippen LogP contribution in [0.2, 0.25) is 10.0 Å². The molecule has 3 aromatic rings. The molecule has 1 aromatic heterocycles. The van der Waals surface area contributed by atoms with Crippen molar-refractivity contribution in [2.75, 3.05) is 18.9 Å². The van der Waals surface area contributed by atoms with E-state index in [0.717, 1.165) is 5.56 Å². The Kier molecular flexibility index (Phi) is 6.62. The summed E-state index contributed by atoms with van der Waals surface area (Å²) in [5.74, 6) is 0.887. The average molecular weight is 521 g/mol. The van der Waals surface area contributed by atoms with Crippen LogP contribution < -0.4 is 14.2 Å². The van der Waals surface area contributed by atoms with E-state index in [4.69, 9.17) is 32.7 Å². The van der Waals surface area contributed by atoms with E-state index >= 15 is 0 Å². The maximum absolute atomic E-state index is 12.8. The van der Waals surface area contributed by atoms with Gasteiger partial charge in [0.15, 0.2) is 17.3 Å². The van der Waals surface area contributed by atoms with Gasteiger partial charge in [-0.25, -0.2) is 8.42 Å². The number of anilines is 1. The van der Waals surface area contributed by atoms with Gasteiger partial charge in [0.2, 0.25) is 0 Å². The minimum atomic E-state index is -3.90. The predicted octanol–water partition coefficient (Wildman–Crippen LogP) is 4.82. The van der Waals surface area contributed by atoms with Crippen LogP contribution in [0.4, 0.5) is 5.82 Å². The molecule has 154 valence electrons. The van der Waals surface area contributed by atoms with Gasteiger partial charge in [0.1, 0.15) is 0 Å². The van der Waals surface area contributed by atoms with Crippen LogP contribution >= 0.6 is 39.1 Å². The summed E-state index contributed by atoms with van der Waals surface area (Å²) < 4.78 is 40.4. The van der Waals surface area contributed by atoms with Gasteiger partial charge in [-0.2, -0.15) is 5.10 Å². The SMILES string of the molecule is COc1ccc(S(=O)(=O)Nc2nn(Cc3ccc(Cl)c(Cl)c3)cc2Br)cc1OC. The standard InChI is InChI=1S/C18H16BrCl2N3O4S/c1-27-16-6-4-12(8-17(16)28-2)29(25,26)23-18-13(19)10-24(22-18)9-11-3-5-14(20)15(21)7-11/h3-8,10H,9H2,1-2H3,(H,22,23). The fraction of sp³-hybridized carbons (Fsp3) is 0.167. The van der Waals surface area contributed by atoms with Gasteiger partial charge in [-0.05, 0) is 45.8 Å². The minimum Gasteiger partial charge on any atom is -0.493 e. The summed E-state index contributed by atoms with van der Waals surface area (Å²) in [6.45, 7) is 0.383. The molecule has 2 aromatic carbocycles. The van der Waals surface area contributed by atoms with Crippen LogP contribution in [0.1, 0.15) is 5.56 Å². The number of aromatic nitrogens is 2. The van der Waals surface area contributed by atoms with Crippen molar-refractivity contribution in [2.45, 2.75) is 11.4 Å². The van der Waals surface area contributed by atoms with Gasteiger partial charge < -0.3 is 9.47 Å². The van der Waals surface area contributed by atoms with Crippen LogP contribution in [0.25, 0.3) is 0 Å². The molecular weight excluding hydrogens is 505 g/mol. The number of ether oxygens (including phenoxy) is 2. The second-order valence-corrected chi connectivity index (χ2v) is 9.25. The lowest BCUT2D eigenvalue weighted by Crippen LogP contribution is -2.14. The van der Waals surface area contributed by atoms with Crippen LogP contribution in [-0.2, 0) is 16.6 Å². The number of hydrogen-bond acceptors (Lipinski definition) is 5. The number of nitrogens with zero attached hydrogens (tertiary/aromatic N) is 2. The zero-order valence-corrected chi connectivity index (χ0v) is 19.2. The molecule has 0 aliphatic heterocycles. The largest absolute Gasteiger partial charge is 0.493 e. The Morgan fingerprint density at radius 3 is 2.45 bits per heavy atom. The third kappa shape index (κ3) is 4.98. The molecule has 0 bridgehead atoms. The van der Waals surface area contributed by atoms with E-state index in [1.807, 2.05) is 6.07 Å². The van der Waals surface area contributed by atoms with E-state index in [1.165, 1.54) is 32.4 Å². The molecule has 0 radical (unpaired) electrons. The van der Waals surface area contributed by atoms with Crippen LogP contribution in [0.3, 0.4) is 0 Å². The van der Waals surface area contributed by atoms with E-state index in [2.05, 4.69) is 25.8 Å². The zero-order valence-electron chi connectivity index (χ0n) is 15.3. The van der Waals surface area contributed by atoms with Gasteiger partial charge in [-0.1, -0.05) is 29.3 Å². The summed E-state index contributed by atoms with van der Waals surface area (Å²) in [6.07, 6.45) is 1.66. The number of benzene rings is 2. The molecule has 3 rings (SSSR count). The topological polar surface area (TPSA) is 82.5 Å². The minimum absolute atomic E-state index is 0.0149. The van der Waals surface area contributed by atoms with E-state index in [1.54, 1.807) is 23.0 Å². The highest BCUT2D eigenvalue weighted by molar-refractivity contribution is 9.10. The van der Waals surface area contributed by atoms with E-state index in [9.17, 15) is 8.42 Å². The van der Waals surface area contributed by atoms with Crippen LogP contribution in [0.15, 0.2) is 52.0 Å². The molecule has 0 spiro atoms. The van der Waals surface area contributed by atoms with E-state index in [0.29, 0.717) is 32.6 Å². The second-order valence-electron chi connectivity index (χ2n) is 5.89. The van der Waals surface area contributed by atoms with E-state index in [-0.39, 0.29) is 10.7 Å². The monoisotopic (exact) mass is 519 g/mol. The summed E-state index contributed by atoms with van der Waals surface area (Å²) in [4.78, 5) is 0.0149. The Bertz CT molecular complexity index is 1150. The zero-order chi connectivity index (χ0) is 21.2. The van der Waals surface area contributed by atoms with Crippen molar-refractivity contribution in [2.24, 2.45) is 0 Å². The number of hydrogen-bond donors (Lipinski definition) is 1. The summed E-state index contributed by atoms with van der Waals surface area (Å²) in [5.41, 5.74) is 0.865. The van der Waals surface area contributed by atoms with Crippen molar-refractivity contribution in [1.82, 2.24) is 9.78 Å².